The molecule has 0 aromatic rings. The van der Waals surface area contributed by atoms with Gasteiger partial charge in [-0.3, -0.25) is 9.59 Å². The van der Waals surface area contributed by atoms with E-state index in [1.807, 2.05) is 0 Å². The van der Waals surface area contributed by atoms with E-state index in [4.69, 9.17) is 9.84 Å². The van der Waals surface area contributed by atoms with Gasteiger partial charge in [0.05, 0.1) is 12.0 Å². The van der Waals surface area contributed by atoms with Crippen LogP contribution < -0.4 is 5.32 Å². The Morgan fingerprint density at radius 1 is 1.39 bits per heavy atom. The molecule has 1 saturated heterocycles. The van der Waals surface area contributed by atoms with Crippen LogP contribution >= 0.6 is 0 Å². The molecule has 0 bridgehead atoms. The van der Waals surface area contributed by atoms with Crippen LogP contribution in [0.2, 0.25) is 0 Å². The van der Waals surface area contributed by atoms with Crippen LogP contribution in [-0.2, 0) is 14.3 Å². The van der Waals surface area contributed by atoms with Crippen molar-refractivity contribution in [1.82, 2.24) is 10.2 Å². The van der Waals surface area contributed by atoms with Crippen molar-refractivity contribution in [1.29, 1.82) is 0 Å². The highest BCUT2D eigenvalue weighted by molar-refractivity contribution is 5.75. The summed E-state index contributed by atoms with van der Waals surface area (Å²) in [6, 6.07) is 0. The number of aliphatic carboxylic acids is 1. The molecule has 0 spiro atoms. The normalized spacial score (nSPS) is 23.7. The number of carboxylic acid groups (broad SMARTS) is 1. The second-order valence-electron chi connectivity index (χ2n) is 4.81. The van der Waals surface area contributed by atoms with Gasteiger partial charge in [0, 0.05) is 40.2 Å². The van der Waals surface area contributed by atoms with Gasteiger partial charge in [0.2, 0.25) is 5.91 Å². The van der Waals surface area contributed by atoms with Gasteiger partial charge in [-0.15, -0.1) is 0 Å². The summed E-state index contributed by atoms with van der Waals surface area (Å²) in [4.78, 5) is 23.7. The number of nitrogens with zero attached hydrogens (tertiary/aromatic N) is 1. The van der Waals surface area contributed by atoms with Gasteiger partial charge in [0.15, 0.2) is 0 Å². The van der Waals surface area contributed by atoms with E-state index in [1.54, 1.807) is 19.0 Å². The SMILES string of the molecule is CN(C)C(=O)CCCOC1CNCC(C(=O)O)C1. The van der Waals surface area contributed by atoms with Crippen molar-refractivity contribution in [3.05, 3.63) is 0 Å². The molecule has 6 heteroatoms. The number of piperidine rings is 1. The fourth-order valence-electron chi connectivity index (χ4n) is 1.91. The van der Waals surface area contributed by atoms with E-state index in [9.17, 15) is 9.59 Å². The first-order valence-electron chi connectivity index (χ1n) is 6.26. The summed E-state index contributed by atoms with van der Waals surface area (Å²) >= 11 is 0. The lowest BCUT2D eigenvalue weighted by atomic mass is 9.98. The van der Waals surface area contributed by atoms with Crippen LogP contribution in [0.1, 0.15) is 19.3 Å². The number of carboxylic acids is 1. The van der Waals surface area contributed by atoms with Crippen LogP contribution in [0.15, 0.2) is 0 Å². The highest BCUT2D eigenvalue weighted by Gasteiger charge is 2.26. The first-order chi connectivity index (χ1) is 8.50. The zero-order chi connectivity index (χ0) is 13.5. The standard InChI is InChI=1S/C12H22N2O4/c1-14(2)11(15)4-3-5-18-10-6-9(12(16)17)7-13-8-10/h9-10,13H,3-8H2,1-2H3,(H,16,17). The highest BCUT2D eigenvalue weighted by Crippen LogP contribution is 2.14. The summed E-state index contributed by atoms with van der Waals surface area (Å²) < 4.78 is 5.60. The van der Waals surface area contributed by atoms with Crippen LogP contribution in [0.5, 0.6) is 0 Å². The molecule has 2 N–H and O–H groups in total. The number of rotatable bonds is 6. The summed E-state index contributed by atoms with van der Waals surface area (Å²) in [7, 11) is 3.46. The topological polar surface area (TPSA) is 78.9 Å². The lowest BCUT2D eigenvalue weighted by molar-refractivity contribution is -0.144. The molecule has 0 aliphatic carbocycles. The maximum atomic E-state index is 11.3. The number of carbonyl (C=O) groups is 2. The third kappa shape index (κ3) is 5.01. The molecule has 2 atom stereocenters. The lowest BCUT2D eigenvalue weighted by Gasteiger charge is -2.27. The van der Waals surface area contributed by atoms with Crippen LogP contribution in [0, 0.1) is 5.92 Å². The third-order valence-corrected chi connectivity index (χ3v) is 3.05. The second kappa shape index (κ2) is 7.33. The quantitative estimate of drug-likeness (QED) is 0.652. The molecule has 2 unspecified atom stereocenters. The molecule has 1 fully saturated rings. The smallest absolute Gasteiger partial charge is 0.307 e. The van der Waals surface area contributed by atoms with Crippen LogP contribution in [0.3, 0.4) is 0 Å². The molecule has 0 aromatic carbocycles. The largest absolute Gasteiger partial charge is 0.481 e. The van der Waals surface area contributed by atoms with Crippen molar-refractivity contribution in [2.75, 3.05) is 33.8 Å². The zero-order valence-corrected chi connectivity index (χ0v) is 11.0. The Balaban J connectivity index is 2.15. The van der Waals surface area contributed by atoms with Gasteiger partial charge in [-0.05, 0) is 12.8 Å². The van der Waals surface area contributed by atoms with Crippen molar-refractivity contribution in [3.63, 3.8) is 0 Å². The molecular weight excluding hydrogens is 236 g/mol. The summed E-state index contributed by atoms with van der Waals surface area (Å²) in [5, 5.41) is 12.0. The molecule has 0 aromatic heterocycles. The van der Waals surface area contributed by atoms with Crippen molar-refractivity contribution in [3.8, 4) is 0 Å². The number of nitrogens with one attached hydrogen (secondary N) is 1. The van der Waals surface area contributed by atoms with Crippen LogP contribution in [0.4, 0.5) is 0 Å². The fraction of sp³-hybridized carbons (Fsp3) is 0.833. The van der Waals surface area contributed by atoms with E-state index in [1.165, 1.54) is 0 Å². The lowest BCUT2D eigenvalue weighted by Crippen LogP contribution is -2.43. The van der Waals surface area contributed by atoms with Gasteiger partial charge in [0.25, 0.3) is 0 Å². The van der Waals surface area contributed by atoms with Gasteiger partial charge < -0.3 is 20.1 Å². The third-order valence-electron chi connectivity index (χ3n) is 3.05. The Morgan fingerprint density at radius 3 is 2.72 bits per heavy atom. The minimum absolute atomic E-state index is 0.0608. The molecule has 1 heterocycles. The molecule has 1 amide bonds. The maximum absolute atomic E-state index is 11.3. The molecule has 1 aliphatic rings. The van der Waals surface area contributed by atoms with Crippen molar-refractivity contribution >= 4 is 11.9 Å². The minimum atomic E-state index is -0.779. The van der Waals surface area contributed by atoms with Crippen molar-refractivity contribution < 1.29 is 19.4 Å². The Labute approximate surface area is 107 Å². The molecule has 18 heavy (non-hydrogen) atoms. The Bertz CT molecular complexity index is 294. The zero-order valence-electron chi connectivity index (χ0n) is 11.0. The number of amides is 1. The Kier molecular flexibility index (Phi) is 6.07. The van der Waals surface area contributed by atoms with E-state index in [2.05, 4.69) is 5.32 Å². The van der Waals surface area contributed by atoms with Crippen molar-refractivity contribution in [2.45, 2.75) is 25.4 Å². The molecule has 1 aliphatic heterocycles. The van der Waals surface area contributed by atoms with Gasteiger partial charge in [-0.1, -0.05) is 0 Å². The van der Waals surface area contributed by atoms with E-state index in [-0.39, 0.29) is 17.9 Å². The van der Waals surface area contributed by atoms with Gasteiger partial charge in [-0.2, -0.15) is 0 Å². The Morgan fingerprint density at radius 2 is 2.11 bits per heavy atom. The minimum Gasteiger partial charge on any atom is -0.481 e. The fourth-order valence-corrected chi connectivity index (χ4v) is 1.91. The van der Waals surface area contributed by atoms with Crippen molar-refractivity contribution in [2.24, 2.45) is 5.92 Å². The second-order valence-corrected chi connectivity index (χ2v) is 4.81. The molecule has 0 saturated carbocycles. The van der Waals surface area contributed by atoms with Crippen LogP contribution in [0.25, 0.3) is 0 Å². The number of ether oxygens (including phenoxy) is 1. The summed E-state index contributed by atoms with van der Waals surface area (Å²) in [6.45, 7) is 1.69. The molecule has 0 radical (unpaired) electrons. The molecular formula is C12H22N2O4. The summed E-state index contributed by atoms with van der Waals surface area (Å²) in [6.07, 6.45) is 1.62. The van der Waals surface area contributed by atoms with E-state index in [0.29, 0.717) is 39.0 Å². The van der Waals surface area contributed by atoms with Gasteiger partial charge in [-0.25, -0.2) is 0 Å². The summed E-state index contributed by atoms with van der Waals surface area (Å²) in [5.74, 6) is -1.06. The number of hydrogen-bond acceptors (Lipinski definition) is 4. The molecule has 104 valence electrons. The van der Waals surface area contributed by atoms with E-state index >= 15 is 0 Å². The van der Waals surface area contributed by atoms with E-state index < -0.39 is 5.97 Å². The Hall–Kier alpha value is -1.14. The molecule has 1 rings (SSSR count). The maximum Gasteiger partial charge on any atom is 0.307 e. The van der Waals surface area contributed by atoms with Gasteiger partial charge >= 0.3 is 5.97 Å². The number of hydrogen-bond donors (Lipinski definition) is 2. The average Bonchev–Trinajstić information content (AvgIpc) is 2.34. The molecule has 6 nitrogen and oxygen atoms in total. The first kappa shape index (κ1) is 14.9. The van der Waals surface area contributed by atoms with Gasteiger partial charge in [0.1, 0.15) is 0 Å². The highest BCUT2D eigenvalue weighted by atomic mass is 16.5. The average molecular weight is 258 g/mol. The predicted molar refractivity (Wildman–Crippen MR) is 66.3 cm³/mol. The van der Waals surface area contributed by atoms with E-state index in [0.717, 1.165) is 0 Å². The monoisotopic (exact) mass is 258 g/mol. The summed E-state index contributed by atoms with van der Waals surface area (Å²) in [5.41, 5.74) is 0. The van der Waals surface area contributed by atoms with Crippen LogP contribution in [-0.4, -0.2) is 61.8 Å². The predicted octanol–water partition coefficient (Wildman–Crippen LogP) is -0.0659. The first-order valence-corrected chi connectivity index (χ1v) is 6.26. The number of carbonyl (C=O) groups excluding carboxylic acids is 1.